The van der Waals surface area contributed by atoms with Gasteiger partial charge in [-0.15, -0.1) is 11.8 Å². The van der Waals surface area contributed by atoms with Crippen molar-refractivity contribution in [2.24, 2.45) is 0 Å². The number of aromatic nitrogens is 1. The van der Waals surface area contributed by atoms with Gasteiger partial charge in [0.1, 0.15) is 0 Å². The molecule has 0 radical (unpaired) electrons. The number of pyridine rings is 1. The normalized spacial score (nSPS) is 20.2. The van der Waals surface area contributed by atoms with Gasteiger partial charge in [0.15, 0.2) is 0 Å². The smallest absolute Gasteiger partial charge is 0.251 e. The quantitative estimate of drug-likeness (QED) is 0.817. The van der Waals surface area contributed by atoms with Gasteiger partial charge in [0.05, 0.1) is 5.03 Å². The number of halogens is 1. The van der Waals surface area contributed by atoms with Crippen LogP contribution >= 0.6 is 23.4 Å². The standard InChI is InChI=1S/C18H18ClNOS/c1-11-10-22-18-17(13-4-5-13)14(9-16(21)20(11)18)8-12-2-6-15(19)7-3-12/h2-3,6-7,9,11,13H,4-5,8,10H2,1H3. The van der Waals surface area contributed by atoms with Gasteiger partial charge in [-0.2, -0.15) is 0 Å². The molecule has 1 aliphatic carbocycles. The summed E-state index contributed by atoms with van der Waals surface area (Å²) < 4.78 is 2.00. The van der Waals surface area contributed by atoms with Crippen molar-refractivity contribution >= 4 is 23.4 Å². The molecule has 4 heteroatoms. The Hall–Kier alpha value is -1.19. The second kappa shape index (κ2) is 5.47. The first-order chi connectivity index (χ1) is 10.6. The molecule has 2 aliphatic rings. The molecule has 1 aliphatic heterocycles. The second-order valence-electron chi connectivity index (χ2n) is 6.33. The zero-order chi connectivity index (χ0) is 15.3. The molecule has 1 aromatic carbocycles. The van der Waals surface area contributed by atoms with E-state index in [1.54, 1.807) is 0 Å². The van der Waals surface area contributed by atoms with Crippen molar-refractivity contribution in [2.75, 3.05) is 5.75 Å². The monoisotopic (exact) mass is 331 g/mol. The largest absolute Gasteiger partial charge is 0.299 e. The molecule has 0 bridgehead atoms. The Bertz CT molecular complexity index is 777. The van der Waals surface area contributed by atoms with E-state index in [1.807, 2.05) is 34.5 Å². The molecule has 0 spiro atoms. The fourth-order valence-corrected chi connectivity index (χ4v) is 4.82. The lowest BCUT2D eigenvalue weighted by Crippen LogP contribution is -2.23. The van der Waals surface area contributed by atoms with Gasteiger partial charge in [-0.3, -0.25) is 9.36 Å². The minimum absolute atomic E-state index is 0.154. The van der Waals surface area contributed by atoms with Crippen LogP contribution in [0.5, 0.6) is 0 Å². The molecular weight excluding hydrogens is 314 g/mol. The predicted molar refractivity (Wildman–Crippen MR) is 92.4 cm³/mol. The summed E-state index contributed by atoms with van der Waals surface area (Å²) >= 11 is 7.82. The zero-order valence-electron chi connectivity index (χ0n) is 12.5. The summed E-state index contributed by atoms with van der Waals surface area (Å²) in [6.45, 7) is 2.14. The van der Waals surface area contributed by atoms with E-state index in [-0.39, 0.29) is 5.56 Å². The number of benzene rings is 1. The molecule has 2 aromatic rings. The lowest BCUT2D eigenvalue weighted by Gasteiger charge is -2.16. The average Bonchev–Trinajstić information content (AvgIpc) is 3.24. The van der Waals surface area contributed by atoms with Crippen molar-refractivity contribution in [3.63, 3.8) is 0 Å². The van der Waals surface area contributed by atoms with Crippen molar-refractivity contribution in [1.29, 1.82) is 0 Å². The van der Waals surface area contributed by atoms with Gasteiger partial charge < -0.3 is 0 Å². The minimum atomic E-state index is 0.154. The number of thioether (sulfide) groups is 1. The summed E-state index contributed by atoms with van der Waals surface area (Å²) in [4.78, 5) is 12.5. The van der Waals surface area contributed by atoms with Crippen LogP contribution in [-0.4, -0.2) is 10.3 Å². The van der Waals surface area contributed by atoms with Gasteiger partial charge in [-0.05, 0) is 60.9 Å². The third-order valence-corrected chi connectivity index (χ3v) is 6.12. The highest BCUT2D eigenvalue weighted by Crippen LogP contribution is 2.48. The molecule has 0 amide bonds. The first-order valence-electron chi connectivity index (χ1n) is 7.79. The van der Waals surface area contributed by atoms with Gasteiger partial charge in [0.25, 0.3) is 5.56 Å². The maximum atomic E-state index is 12.5. The zero-order valence-corrected chi connectivity index (χ0v) is 14.1. The molecule has 1 fully saturated rings. The molecule has 114 valence electrons. The Morgan fingerprint density at radius 1 is 1.27 bits per heavy atom. The topological polar surface area (TPSA) is 22.0 Å². The molecule has 1 aromatic heterocycles. The maximum absolute atomic E-state index is 12.5. The van der Waals surface area contributed by atoms with Crippen LogP contribution < -0.4 is 5.56 Å². The van der Waals surface area contributed by atoms with E-state index in [4.69, 9.17) is 11.6 Å². The number of rotatable bonds is 3. The molecule has 2 heterocycles. The molecule has 0 saturated heterocycles. The van der Waals surface area contributed by atoms with E-state index in [2.05, 4.69) is 19.1 Å². The van der Waals surface area contributed by atoms with Gasteiger partial charge in [-0.1, -0.05) is 23.7 Å². The fourth-order valence-electron chi connectivity index (χ4n) is 3.28. The second-order valence-corrected chi connectivity index (χ2v) is 7.78. The Morgan fingerprint density at radius 2 is 2.00 bits per heavy atom. The molecule has 4 rings (SSSR count). The van der Waals surface area contributed by atoms with E-state index in [9.17, 15) is 4.79 Å². The number of fused-ring (bicyclic) bond motifs is 1. The van der Waals surface area contributed by atoms with Gasteiger partial charge >= 0.3 is 0 Å². The van der Waals surface area contributed by atoms with E-state index < -0.39 is 0 Å². The molecule has 1 atom stereocenters. The van der Waals surface area contributed by atoms with E-state index >= 15 is 0 Å². The predicted octanol–water partition coefficient (Wildman–Crippen LogP) is 4.64. The summed E-state index contributed by atoms with van der Waals surface area (Å²) in [5.74, 6) is 1.67. The van der Waals surface area contributed by atoms with Crippen molar-refractivity contribution < 1.29 is 0 Å². The Morgan fingerprint density at radius 3 is 2.68 bits per heavy atom. The molecule has 1 saturated carbocycles. The Kier molecular flexibility index (Phi) is 3.58. The first-order valence-corrected chi connectivity index (χ1v) is 9.15. The van der Waals surface area contributed by atoms with Crippen LogP contribution in [0.15, 0.2) is 40.2 Å². The van der Waals surface area contributed by atoms with Crippen molar-refractivity contribution in [2.45, 2.75) is 43.2 Å². The summed E-state index contributed by atoms with van der Waals surface area (Å²) in [5.41, 5.74) is 4.01. The van der Waals surface area contributed by atoms with Gasteiger partial charge in [0.2, 0.25) is 0 Å². The maximum Gasteiger partial charge on any atom is 0.251 e. The van der Waals surface area contributed by atoms with Crippen LogP contribution in [0.2, 0.25) is 5.02 Å². The fraction of sp³-hybridized carbons (Fsp3) is 0.389. The third-order valence-electron chi connectivity index (χ3n) is 4.53. The SMILES string of the molecule is CC1CSc2c(C3CC3)c(Cc3ccc(Cl)cc3)cc(=O)n21. The minimum Gasteiger partial charge on any atom is -0.299 e. The first kappa shape index (κ1) is 14.4. The van der Waals surface area contributed by atoms with E-state index in [0.29, 0.717) is 12.0 Å². The molecule has 2 nitrogen and oxygen atoms in total. The summed E-state index contributed by atoms with van der Waals surface area (Å²) in [6, 6.07) is 10.1. The van der Waals surface area contributed by atoms with E-state index in [1.165, 1.54) is 34.6 Å². The van der Waals surface area contributed by atoms with Crippen molar-refractivity contribution in [3.8, 4) is 0 Å². The molecular formula is C18H18ClNOS. The lowest BCUT2D eigenvalue weighted by atomic mass is 9.98. The van der Waals surface area contributed by atoms with Crippen molar-refractivity contribution in [1.82, 2.24) is 4.57 Å². The summed E-state index contributed by atoms with van der Waals surface area (Å²) in [7, 11) is 0. The Balaban J connectivity index is 1.80. The highest BCUT2D eigenvalue weighted by atomic mass is 35.5. The molecule has 0 N–H and O–H groups in total. The van der Waals surface area contributed by atoms with Gasteiger partial charge in [-0.25, -0.2) is 0 Å². The summed E-state index contributed by atoms with van der Waals surface area (Å²) in [6.07, 6.45) is 3.34. The lowest BCUT2D eigenvalue weighted by molar-refractivity contribution is 0.554. The van der Waals surface area contributed by atoms with Crippen LogP contribution in [0.3, 0.4) is 0 Å². The van der Waals surface area contributed by atoms with Crippen LogP contribution in [0.4, 0.5) is 0 Å². The van der Waals surface area contributed by atoms with Crippen LogP contribution in [0.1, 0.15) is 48.4 Å². The number of hydrogen-bond acceptors (Lipinski definition) is 2. The highest BCUT2D eigenvalue weighted by Gasteiger charge is 2.34. The van der Waals surface area contributed by atoms with Crippen LogP contribution in [0.25, 0.3) is 0 Å². The highest BCUT2D eigenvalue weighted by molar-refractivity contribution is 7.99. The Labute approximate surface area is 139 Å². The molecule has 1 unspecified atom stereocenters. The number of nitrogens with zero attached hydrogens (tertiary/aromatic N) is 1. The third kappa shape index (κ3) is 2.50. The molecule has 22 heavy (non-hydrogen) atoms. The van der Waals surface area contributed by atoms with Crippen LogP contribution in [-0.2, 0) is 6.42 Å². The number of hydrogen-bond donors (Lipinski definition) is 0. The summed E-state index contributed by atoms with van der Waals surface area (Å²) in [5, 5.41) is 1.98. The average molecular weight is 332 g/mol. The van der Waals surface area contributed by atoms with Crippen LogP contribution in [0, 0.1) is 0 Å². The van der Waals surface area contributed by atoms with E-state index in [0.717, 1.165) is 17.2 Å². The van der Waals surface area contributed by atoms with Gasteiger partial charge in [0, 0.05) is 22.9 Å². The van der Waals surface area contributed by atoms with Crippen molar-refractivity contribution in [3.05, 3.63) is 62.4 Å².